The van der Waals surface area contributed by atoms with Crippen molar-refractivity contribution in [2.75, 3.05) is 5.01 Å². The van der Waals surface area contributed by atoms with E-state index >= 15 is 0 Å². The number of rotatable bonds is 2. The summed E-state index contributed by atoms with van der Waals surface area (Å²) in [5, 5.41) is 1.86. The van der Waals surface area contributed by atoms with E-state index in [0.29, 0.717) is 15.7 Å². The average molecular weight is 353 g/mol. The summed E-state index contributed by atoms with van der Waals surface area (Å²) in [5.74, 6) is -0.864. The Morgan fingerprint density at radius 3 is 2.55 bits per heavy atom. The molecule has 2 amide bonds. The van der Waals surface area contributed by atoms with Crippen LogP contribution in [0.25, 0.3) is 6.08 Å². The molecular weight excluding hydrogens is 343 g/mol. The first kappa shape index (κ1) is 15.1. The van der Waals surface area contributed by atoms with Crippen molar-refractivity contribution in [1.29, 1.82) is 0 Å². The Morgan fingerprint density at radius 1 is 1.14 bits per heavy atom. The SMILES string of the molecule is Cc1ccc(/C=C2/C(=O)NN(c3ccc(Cl)c(Cl)c3)C2=O)s1. The molecule has 0 spiro atoms. The summed E-state index contributed by atoms with van der Waals surface area (Å²) in [7, 11) is 0. The number of nitrogens with one attached hydrogen (secondary N) is 1. The van der Waals surface area contributed by atoms with Crippen molar-refractivity contribution in [2.45, 2.75) is 6.92 Å². The molecule has 112 valence electrons. The Kier molecular flexibility index (Phi) is 3.95. The Labute approximate surface area is 140 Å². The third-order valence-corrected chi connectivity index (χ3v) is 4.79. The van der Waals surface area contributed by atoms with Crippen molar-refractivity contribution < 1.29 is 9.59 Å². The van der Waals surface area contributed by atoms with Gasteiger partial charge in [0.1, 0.15) is 5.57 Å². The van der Waals surface area contributed by atoms with Gasteiger partial charge in [-0.25, -0.2) is 5.01 Å². The first-order valence-corrected chi connectivity index (χ1v) is 7.91. The van der Waals surface area contributed by atoms with E-state index in [9.17, 15) is 9.59 Å². The van der Waals surface area contributed by atoms with E-state index in [-0.39, 0.29) is 5.57 Å². The third-order valence-electron chi connectivity index (χ3n) is 3.10. The number of carbonyl (C=O) groups excluding carboxylic acids is 2. The van der Waals surface area contributed by atoms with Gasteiger partial charge in [-0.1, -0.05) is 23.2 Å². The molecule has 1 fully saturated rings. The number of aryl methyl sites for hydroxylation is 1. The first-order valence-electron chi connectivity index (χ1n) is 6.34. The highest BCUT2D eigenvalue weighted by atomic mass is 35.5. The van der Waals surface area contributed by atoms with Crippen LogP contribution in [0.3, 0.4) is 0 Å². The van der Waals surface area contributed by atoms with Gasteiger partial charge in [0.05, 0.1) is 15.7 Å². The summed E-state index contributed by atoms with van der Waals surface area (Å²) in [6, 6.07) is 8.52. The van der Waals surface area contributed by atoms with E-state index in [4.69, 9.17) is 23.2 Å². The molecule has 7 heteroatoms. The fourth-order valence-corrected chi connectivity index (χ4v) is 3.15. The minimum Gasteiger partial charge on any atom is -0.267 e. The maximum atomic E-state index is 12.4. The van der Waals surface area contributed by atoms with Gasteiger partial charge in [0.2, 0.25) is 0 Å². The molecule has 22 heavy (non-hydrogen) atoms. The highest BCUT2D eigenvalue weighted by Crippen LogP contribution is 2.29. The van der Waals surface area contributed by atoms with Crippen LogP contribution in [0.5, 0.6) is 0 Å². The Balaban J connectivity index is 1.94. The molecule has 1 aromatic carbocycles. The predicted molar refractivity (Wildman–Crippen MR) is 89.1 cm³/mol. The lowest BCUT2D eigenvalue weighted by molar-refractivity contribution is -0.117. The van der Waals surface area contributed by atoms with E-state index in [2.05, 4.69) is 5.43 Å². The van der Waals surface area contributed by atoms with Crippen molar-refractivity contribution in [3.05, 3.63) is 55.7 Å². The summed E-state index contributed by atoms with van der Waals surface area (Å²) < 4.78 is 0. The third kappa shape index (κ3) is 2.75. The molecule has 2 aromatic rings. The molecular formula is C15H10Cl2N2O2S. The molecule has 1 aliphatic heterocycles. The van der Waals surface area contributed by atoms with Gasteiger partial charge < -0.3 is 0 Å². The quantitative estimate of drug-likeness (QED) is 0.659. The highest BCUT2D eigenvalue weighted by Gasteiger charge is 2.34. The predicted octanol–water partition coefficient (Wildman–Crippen LogP) is 3.82. The molecule has 1 N–H and O–H groups in total. The van der Waals surface area contributed by atoms with Crippen LogP contribution in [0.1, 0.15) is 9.75 Å². The van der Waals surface area contributed by atoms with Gasteiger partial charge in [-0.2, -0.15) is 0 Å². The number of hydrazine groups is 1. The van der Waals surface area contributed by atoms with Crippen LogP contribution in [0.15, 0.2) is 35.9 Å². The van der Waals surface area contributed by atoms with E-state index in [1.807, 2.05) is 19.1 Å². The number of carbonyl (C=O) groups is 2. The van der Waals surface area contributed by atoms with Crippen LogP contribution in [-0.2, 0) is 9.59 Å². The number of nitrogens with zero attached hydrogens (tertiary/aromatic N) is 1. The molecule has 0 unspecified atom stereocenters. The van der Waals surface area contributed by atoms with E-state index in [0.717, 1.165) is 14.8 Å². The number of hydrogen-bond acceptors (Lipinski definition) is 3. The lowest BCUT2D eigenvalue weighted by atomic mass is 10.2. The molecule has 1 aromatic heterocycles. The van der Waals surface area contributed by atoms with Crippen LogP contribution in [-0.4, -0.2) is 11.8 Å². The van der Waals surface area contributed by atoms with Crippen LogP contribution in [0, 0.1) is 6.92 Å². The summed E-state index contributed by atoms with van der Waals surface area (Å²) in [4.78, 5) is 26.4. The topological polar surface area (TPSA) is 49.4 Å². The molecule has 2 heterocycles. The molecule has 0 radical (unpaired) electrons. The fourth-order valence-electron chi connectivity index (χ4n) is 2.04. The van der Waals surface area contributed by atoms with Crippen LogP contribution >= 0.6 is 34.5 Å². The minimum absolute atomic E-state index is 0.0907. The first-order chi connectivity index (χ1) is 10.5. The summed E-state index contributed by atoms with van der Waals surface area (Å²) in [5.41, 5.74) is 3.07. The second-order valence-electron chi connectivity index (χ2n) is 4.69. The second kappa shape index (κ2) is 5.76. The van der Waals surface area contributed by atoms with Crippen molar-refractivity contribution in [2.24, 2.45) is 0 Å². The van der Waals surface area contributed by atoms with Gasteiger partial charge in [-0.3, -0.25) is 15.0 Å². The highest BCUT2D eigenvalue weighted by molar-refractivity contribution is 7.12. The number of thiophene rings is 1. The number of benzene rings is 1. The molecule has 1 aliphatic rings. The molecule has 0 bridgehead atoms. The molecule has 0 aliphatic carbocycles. The lowest BCUT2D eigenvalue weighted by Gasteiger charge is -2.15. The molecule has 4 nitrogen and oxygen atoms in total. The van der Waals surface area contributed by atoms with Crippen molar-refractivity contribution in [1.82, 2.24) is 5.43 Å². The van der Waals surface area contributed by atoms with Crippen LogP contribution < -0.4 is 10.4 Å². The minimum atomic E-state index is -0.442. The molecule has 0 saturated carbocycles. The van der Waals surface area contributed by atoms with Gasteiger partial charge in [0.15, 0.2) is 0 Å². The Hall–Kier alpha value is -1.82. The summed E-state index contributed by atoms with van der Waals surface area (Å²) in [6.45, 7) is 1.96. The lowest BCUT2D eigenvalue weighted by Crippen LogP contribution is -2.35. The Bertz CT molecular complexity index is 814. The fraction of sp³-hybridized carbons (Fsp3) is 0.0667. The maximum absolute atomic E-state index is 12.4. The van der Waals surface area contributed by atoms with Gasteiger partial charge in [0.25, 0.3) is 11.8 Å². The number of hydrogen-bond donors (Lipinski definition) is 1. The monoisotopic (exact) mass is 352 g/mol. The number of amides is 2. The van der Waals surface area contributed by atoms with E-state index < -0.39 is 11.8 Å². The zero-order valence-electron chi connectivity index (χ0n) is 11.4. The van der Waals surface area contributed by atoms with Crippen molar-refractivity contribution in [3.8, 4) is 0 Å². The maximum Gasteiger partial charge on any atom is 0.282 e. The standard InChI is InChI=1S/C15H10Cl2N2O2S/c1-8-2-4-10(22-8)7-11-14(20)18-19(15(11)21)9-3-5-12(16)13(17)6-9/h2-7H,1H3,(H,18,20)/b11-7-. The second-order valence-corrected chi connectivity index (χ2v) is 6.82. The summed E-state index contributed by atoms with van der Waals surface area (Å²) >= 11 is 13.3. The largest absolute Gasteiger partial charge is 0.282 e. The van der Waals surface area contributed by atoms with Crippen molar-refractivity contribution >= 4 is 58.1 Å². The van der Waals surface area contributed by atoms with Gasteiger partial charge >= 0.3 is 0 Å². The van der Waals surface area contributed by atoms with Gasteiger partial charge in [-0.05, 0) is 43.3 Å². The van der Waals surface area contributed by atoms with Crippen molar-refractivity contribution in [3.63, 3.8) is 0 Å². The zero-order chi connectivity index (χ0) is 15.9. The Morgan fingerprint density at radius 2 is 1.91 bits per heavy atom. The summed E-state index contributed by atoms with van der Waals surface area (Å²) in [6.07, 6.45) is 1.59. The zero-order valence-corrected chi connectivity index (χ0v) is 13.7. The number of anilines is 1. The van der Waals surface area contributed by atoms with Crippen LogP contribution in [0.4, 0.5) is 5.69 Å². The molecule has 3 rings (SSSR count). The average Bonchev–Trinajstić information content (AvgIpc) is 3.00. The normalized spacial score (nSPS) is 16.5. The van der Waals surface area contributed by atoms with E-state index in [1.54, 1.807) is 18.2 Å². The van der Waals surface area contributed by atoms with Crippen LogP contribution in [0.2, 0.25) is 10.0 Å². The molecule has 1 saturated heterocycles. The molecule has 0 atom stereocenters. The van der Waals surface area contributed by atoms with E-state index in [1.165, 1.54) is 17.4 Å². The van der Waals surface area contributed by atoms with Gasteiger partial charge in [-0.15, -0.1) is 11.3 Å². The van der Waals surface area contributed by atoms with Gasteiger partial charge in [0, 0.05) is 9.75 Å². The smallest absolute Gasteiger partial charge is 0.267 e. The number of halogens is 2.